The van der Waals surface area contributed by atoms with Crippen LogP contribution in [0, 0.1) is 0 Å². The normalized spacial score (nSPS) is 20.4. The van der Waals surface area contributed by atoms with Crippen LogP contribution in [0.2, 0.25) is 0 Å². The number of likely N-dealkylation sites (tertiary alicyclic amines) is 1. The Morgan fingerprint density at radius 1 is 1.41 bits per heavy atom. The maximum atomic E-state index is 11.8. The first kappa shape index (κ1) is 17.4. The van der Waals surface area contributed by atoms with Crippen LogP contribution in [0.25, 0.3) is 0 Å². The van der Waals surface area contributed by atoms with E-state index >= 15 is 0 Å². The first-order valence-corrected chi connectivity index (χ1v) is 9.40. The lowest BCUT2D eigenvalue weighted by Crippen LogP contribution is -2.29. The molecule has 0 radical (unpaired) electrons. The summed E-state index contributed by atoms with van der Waals surface area (Å²) in [5.41, 5.74) is 0. The predicted octanol–water partition coefficient (Wildman–Crippen LogP) is 1.61. The van der Waals surface area contributed by atoms with Crippen LogP contribution in [0.4, 0.5) is 0 Å². The van der Waals surface area contributed by atoms with Gasteiger partial charge in [0.05, 0.1) is 11.8 Å². The molecule has 2 rings (SSSR count). The molecule has 0 bridgehead atoms. The highest BCUT2D eigenvalue weighted by atomic mass is 32.2. The van der Waals surface area contributed by atoms with Gasteiger partial charge in [-0.1, -0.05) is 19.0 Å². The van der Waals surface area contributed by atoms with Gasteiger partial charge in [0.25, 0.3) is 0 Å². The topological polar surface area (TPSA) is 79.5 Å². The zero-order chi connectivity index (χ0) is 16.3. The highest BCUT2D eigenvalue weighted by Crippen LogP contribution is 2.31. The van der Waals surface area contributed by atoms with E-state index in [4.69, 9.17) is 4.52 Å². The van der Waals surface area contributed by atoms with Gasteiger partial charge >= 0.3 is 0 Å². The van der Waals surface area contributed by atoms with Gasteiger partial charge in [0.2, 0.25) is 15.9 Å². The van der Waals surface area contributed by atoms with Gasteiger partial charge in [0, 0.05) is 20.0 Å². The van der Waals surface area contributed by atoms with Gasteiger partial charge in [-0.15, -0.1) is 0 Å². The third kappa shape index (κ3) is 4.05. The summed E-state index contributed by atoms with van der Waals surface area (Å²) in [4.78, 5) is 6.73. The molecule has 8 heteroatoms. The van der Waals surface area contributed by atoms with Crippen molar-refractivity contribution >= 4 is 10.0 Å². The molecule has 1 atom stereocenters. The van der Waals surface area contributed by atoms with Gasteiger partial charge in [0.1, 0.15) is 0 Å². The molecular formula is C14H26N4O3S. The van der Waals surface area contributed by atoms with Crippen LogP contribution in [0.15, 0.2) is 4.52 Å². The third-order valence-electron chi connectivity index (χ3n) is 4.03. The largest absolute Gasteiger partial charge is 0.338 e. The molecular weight excluding hydrogens is 304 g/mol. The maximum absolute atomic E-state index is 11.8. The molecule has 2 heterocycles. The van der Waals surface area contributed by atoms with Gasteiger partial charge in [-0.3, -0.25) is 4.90 Å². The molecule has 1 aliphatic rings. The molecule has 126 valence electrons. The Morgan fingerprint density at radius 2 is 2.14 bits per heavy atom. The smallest absolute Gasteiger partial charge is 0.244 e. The second-order valence-corrected chi connectivity index (χ2v) is 8.59. The average Bonchev–Trinajstić information content (AvgIpc) is 3.05. The third-order valence-corrected chi connectivity index (χ3v) is 5.94. The highest BCUT2D eigenvalue weighted by molar-refractivity contribution is 7.89. The van der Waals surface area contributed by atoms with Gasteiger partial charge in [-0.25, -0.2) is 12.7 Å². The fraction of sp³-hybridized carbons (Fsp3) is 0.857. The number of sulfonamides is 1. The van der Waals surface area contributed by atoms with Crippen molar-refractivity contribution in [3.8, 4) is 0 Å². The van der Waals surface area contributed by atoms with Crippen LogP contribution >= 0.6 is 0 Å². The van der Waals surface area contributed by atoms with Crippen molar-refractivity contribution in [2.45, 2.75) is 45.1 Å². The number of hydrogen-bond donors (Lipinski definition) is 0. The Hall–Kier alpha value is -0.990. The first-order chi connectivity index (χ1) is 10.3. The molecule has 0 saturated carbocycles. The van der Waals surface area contributed by atoms with Crippen LogP contribution < -0.4 is 0 Å². The Kier molecular flexibility index (Phi) is 5.57. The van der Waals surface area contributed by atoms with Gasteiger partial charge < -0.3 is 4.52 Å². The predicted molar refractivity (Wildman–Crippen MR) is 84.0 cm³/mol. The summed E-state index contributed by atoms with van der Waals surface area (Å²) in [5.74, 6) is 1.82. The SMILES string of the molecule is CC(C)c1noc(C2CCCN2CCCS(=O)(=O)N(C)C)n1. The van der Waals surface area contributed by atoms with E-state index in [0.717, 1.165) is 31.8 Å². The first-order valence-electron chi connectivity index (χ1n) is 7.79. The molecule has 1 aromatic heterocycles. The lowest BCUT2D eigenvalue weighted by molar-refractivity contribution is 0.208. The summed E-state index contributed by atoms with van der Waals surface area (Å²) >= 11 is 0. The summed E-state index contributed by atoms with van der Waals surface area (Å²) in [6.45, 7) is 5.75. The van der Waals surface area contributed by atoms with Crippen molar-refractivity contribution in [1.82, 2.24) is 19.3 Å². The van der Waals surface area contributed by atoms with Crippen molar-refractivity contribution in [3.63, 3.8) is 0 Å². The van der Waals surface area contributed by atoms with Crippen LogP contribution in [0.1, 0.15) is 56.8 Å². The maximum Gasteiger partial charge on any atom is 0.244 e. The molecule has 0 spiro atoms. The zero-order valence-electron chi connectivity index (χ0n) is 13.8. The molecule has 1 aliphatic heterocycles. The van der Waals surface area contributed by atoms with E-state index in [0.29, 0.717) is 12.3 Å². The van der Waals surface area contributed by atoms with E-state index in [2.05, 4.69) is 15.0 Å². The van der Waals surface area contributed by atoms with Crippen molar-refractivity contribution in [1.29, 1.82) is 0 Å². The second kappa shape index (κ2) is 7.06. The molecule has 1 aromatic rings. The van der Waals surface area contributed by atoms with E-state index in [9.17, 15) is 8.42 Å². The molecule has 1 unspecified atom stereocenters. The van der Waals surface area contributed by atoms with Crippen LogP contribution in [-0.2, 0) is 10.0 Å². The Labute approximate surface area is 132 Å². The van der Waals surface area contributed by atoms with Gasteiger partial charge in [-0.2, -0.15) is 4.98 Å². The Bertz CT molecular complexity index is 583. The van der Waals surface area contributed by atoms with E-state index in [1.807, 2.05) is 13.8 Å². The van der Waals surface area contributed by atoms with Crippen molar-refractivity contribution < 1.29 is 12.9 Å². The minimum Gasteiger partial charge on any atom is -0.338 e. The summed E-state index contributed by atoms with van der Waals surface area (Å²) in [5, 5.41) is 4.02. The van der Waals surface area contributed by atoms with Crippen LogP contribution in [0.3, 0.4) is 0 Å². The van der Waals surface area contributed by atoms with Gasteiger partial charge in [-0.05, 0) is 32.4 Å². The number of rotatable bonds is 7. The molecule has 22 heavy (non-hydrogen) atoms. The molecule has 0 N–H and O–H groups in total. The highest BCUT2D eigenvalue weighted by Gasteiger charge is 2.30. The van der Waals surface area contributed by atoms with E-state index in [1.165, 1.54) is 4.31 Å². The summed E-state index contributed by atoms with van der Waals surface area (Å²) in [7, 11) is 0.0148. The van der Waals surface area contributed by atoms with E-state index < -0.39 is 10.0 Å². The molecule has 0 aromatic carbocycles. The number of nitrogens with zero attached hydrogens (tertiary/aromatic N) is 4. The molecule has 0 amide bonds. The monoisotopic (exact) mass is 330 g/mol. The number of hydrogen-bond acceptors (Lipinski definition) is 6. The molecule has 1 saturated heterocycles. The lowest BCUT2D eigenvalue weighted by Gasteiger charge is -2.21. The van der Waals surface area contributed by atoms with Crippen molar-refractivity contribution in [3.05, 3.63) is 11.7 Å². The summed E-state index contributed by atoms with van der Waals surface area (Å²) in [6, 6.07) is 0.127. The zero-order valence-corrected chi connectivity index (χ0v) is 14.6. The fourth-order valence-electron chi connectivity index (χ4n) is 2.62. The number of aromatic nitrogens is 2. The molecule has 0 aliphatic carbocycles. The second-order valence-electron chi connectivity index (χ2n) is 6.29. The average molecular weight is 330 g/mol. The Balaban J connectivity index is 1.93. The molecule has 7 nitrogen and oxygen atoms in total. The van der Waals surface area contributed by atoms with E-state index in [-0.39, 0.29) is 17.7 Å². The quantitative estimate of drug-likeness (QED) is 0.756. The van der Waals surface area contributed by atoms with Crippen LogP contribution in [0.5, 0.6) is 0 Å². The Morgan fingerprint density at radius 3 is 2.73 bits per heavy atom. The summed E-state index contributed by atoms with van der Waals surface area (Å²) in [6.07, 6.45) is 2.67. The fourth-order valence-corrected chi connectivity index (χ4v) is 3.48. The van der Waals surface area contributed by atoms with Crippen molar-refractivity contribution in [2.24, 2.45) is 0 Å². The standard InChI is InChI=1S/C14H26N4O3S/c1-11(2)13-15-14(21-16-13)12-7-5-8-18(12)9-6-10-22(19,20)17(3)4/h11-12H,5-10H2,1-4H3. The molecule has 1 fully saturated rings. The lowest BCUT2D eigenvalue weighted by atomic mass is 10.2. The van der Waals surface area contributed by atoms with Gasteiger partial charge in [0.15, 0.2) is 5.82 Å². The minimum atomic E-state index is -3.12. The summed E-state index contributed by atoms with van der Waals surface area (Å²) < 4.78 is 30.3. The minimum absolute atomic E-state index is 0.127. The van der Waals surface area contributed by atoms with Crippen molar-refractivity contribution in [2.75, 3.05) is 32.9 Å². The van der Waals surface area contributed by atoms with E-state index in [1.54, 1.807) is 14.1 Å². The van der Waals surface area contributed by atoms with Crippen LogP contribution in [-0.4, -0.2) is 60.7 Å².